The summed E-state index contributed by atoms with van der Waals surface area (Å²) in [6, 6.07) is 37.2. The smallest absolute Gasteiger partial charge is 0.722 e. The van der Waals surface area contributed by atoms with Crippen LogP contribution in [0.3, 0.4) is 0 Å². The molecule has 4 aromatic carbocycles. The minimum Gasteiger partial charge on any atom is -0.722 e. The molecule has 0 N–H and O–H groups in total. The molecule has 4 aromatic rings. The van der Waals surface area contributed by atoms with Gasteiger partial charge in [-0.1, -0.05) is 281 Å². The molecule has 0 saturated carbocycles. The van der Waals surface area contributed by atoms with E-state index in [-0.39, 0.29) is 21.7 Å². The third-order valence-corrected chi connectivity index (χ3v) is 17.8. The van der Waals surface area contributed by atoms with Gasteiger partial charge in [-0.2, -0.15) is 0 Å². The van der Waals surface area contributed by atoms with E-state index in [9.17, 15) is 21.0 Å². The Morgan fingerprint density at radius 2 is 0.305 bits per heavy atom. The summed E-state index contributed by atoms with van der Waals surface area (Å²) >= 11 is 0. The van der Waals surface area contributed by atoms with Crippen LogP contribution >= 0.6 is 0 Å². The van der Waals surface area contributed by atoms with Crippen molar-refractivity contribution < 1.29 is 119 Å². The van der Waals surface area contributed by atoms with Crippen LogP contribution in [0.4, 0.5) is 0 Å². The van der Waals surface area contributed by atoms with Gasteiger partial charge in [0.15, 0.2) is 22.4 Å². The number of hydrogen-bond donors (Lipinski definition) is 0. The first kappa shape index (κ1) is 102. The monoisotopic (exact) mass is 1520 g/mol. The molecule has 0 radical (unpaired) electrons. The Hall–Kier alpha value is -3.21. The van der Waals surface area contributed by atoms with Gasteiger partial charge < -0.3 is 97.4 Å². The van der Waals surface area contributed by atoms with Crippen molar-refractivity contribution in [3.05, 3.63) is 144 Å². The van der Waals surface area contributed by atoms with Gasteiger partial charge in [-0.25, -0.2) is 0 Å². The first-order valence-corrected chi connectivity index (χ1v) is 39.5. The molecule has 0 spiro atoms. The van der Waals surface area contributed by atoms with Gasteiger partial charge in [0.1, 0.15) is 0 Å². The molecule has 600 valence electrons. The maximum Gasteiger partial charge on any atom is 4.00 e. The van der Waals surface area contributed by atoms with E-state index >= 15 is 0 Å². The van der Waals surface area contributed by atoms with E-state index in [1.165, 1.54) is 0 Å². The molecule has 0 aliphatic rings. The van der Waals surface area contributed by atoms with Crippen LogP contribution in [0.1, 0.15) is 287 Å². The fourth-order valence-electron chi connectivity index (χ4n) is 10.5. The summed E-state index contributed by atoms with van der Waals surface area (Å²) in [4.78, 5) is 19.0. The maximum absolute atomic E-state index is 12.0. The van der Waals surface area contributed by atoms with Crippen molar-refractivity contribution in [3.63, 3.8) is 0 Å². The van der Waals surface area contributed by atoms with Crippen molar-refractivity contribution in [3.8, 4) is 0 Å². The second-order valence-corrected chi connectivity index (χ2v) is 26.6. The summed E-state index contributed by atoms with van der Waals surface area (Å²) in [5.74, 6) is -6.30. The molecule has 0 saturated heterocycles. The summed E-state index contributed by atoms with van der Waals surface area (Å²) in [7, 11) is 0. The minimum atomic E-state index is -1.57. The molecule has 0 bridgehead atoms. The fraction of sp³-hybridized carbons (Fsp3) is 0.714. The predicted molar refractivity (Wildman–Crippen MR) is 401 cm³/mol. The Morgan fingerprint density at radius 1 is 0.200 bits per heavy atom. The van der Waals surface area contributed by atoms with Crippen molar-refractivity contribution in [2.75, 3.05) is 79.3 Å². The molecular formula is C84H140O20Ti. The minimum absolute atomic E-state index is 0. The molecule has 4 atom stereocenters. The number of rotatable bonds is 60. The Bertz CT molecular complexity index is 2110. The third-order valence-electron chi connectivity index (χ3n) is 17.8. The number of hydrogen-bond acceptors (Lipinski definition) is 20. The van der Waals surface area contributed by atoms with Crippen LogP contribution in [-0.2, 0) is 121 Å². The van der Waals surface area contributed by atoms with Gasteiger partial charge in [0.05, 0.1) is 79.3 Å². The molecule has 0 fully saturated rings. The van der Waals surface area contributed by atoms with E-state index in [0.717, 1.165) is 154 Å². The zero-order chi connectivity index (χ0) is 77.2. The average Bonchev–Trinajstić information content (AvgIpc) is 0.787. The van der Waals surface area contributed by atoms with Crippen LogP contribution in [0.5, 0.6) is 0 Å². The van der Waals surface area contributed by atoms with E-state index in [1.807, 2.05) is 121 Å². The van der Waals surface area contributed by atoms with E-state index in [4.69, 9.17) is 76.4 Å². The maximum atomic E-state index is 12.0. The van der Waals surface area contributed by atoms with Gasteiger partial charge in [-0.15, -0.1) is 0 Å². The summed E-state index contributed by atoms with van der Waals surface area (Å²) < 4.78 is 73.3. The SMILES string of the molecule is CCCCOC(OCCCC)(OCCCC)C(C)(O[O-])c1ccccc1.CCCCOC(OCCCC)(OCCCC)C(C)(O[O-])c1ccccc1.CCCCOC(OCCCC)(OCCCC)C(C)(O[O-])c1ccccc1.CCCCOC(OCCCC)(OCCCC)C(C)(O[O-])c1ccccc1.[Ti+4]. The van der Waals surface area contributed by atoms with Crippen molar-refractivity contribution in [2.45, 2.75) is 311 Å². The quantitative estimate of drug-likeness (QED) is 0.0131. The normalized spacial score (nSPS) is 14.2. The predicted octanol–water partition coefficient (Wildman–Crippen LogP) is 17.2. The molecule has 0 aliphatic carbocycles. The fourth-order valence-corrected chi connectivity index (χ4v) is 10.5. The number of unbranched alkanes of at least 4 members (excludes halogenated alkanes) is 12. The molecule has 0 amide bonds. The largest absolute Gasteiger partial charge is 4.00 e. The van der Waals surface area contributed by atoms with E-state index < -0.39 is 46.3 Å². The van der Waals surface area contributed by atoms with Gasteiger partial charge >= 0.3 is 45.6 Å². The molecule has 0 heterocycles. The zero-order valence-corrected chi connectivity index (χ0v) is 69.2. The number of ether oxygens (including phenoxy) is 12. The van der Waals surface area contributed by atoms with E-state index in [1.54, 1.807) is 27.7 Å². The van der Waals surface area contributed by atoms with Crippen LogP contribution in [0.25, 0.3) is 0 Å². The van der Waals surface area contributed by atoms with Crippen LogP contribution in [0.2, 0.25) is 0 Å². The first-order chi connectivity index (χ1) is 50.4. The summed E-state index contributed by atoms with van der Waals surface area (Å²) in [6.45, 7) is 36.9. The third kappa shape index (κ3) is 32.9. The standard InChI is InChI=1S/4C21H36O5.Ti/c4*1-5-8-16-23-21(24-17-9-6-2,25-18-10-7-3)20(4,26-22)19-14-12-11-13-15-19;/h4*11-15,22H,5-10,16-18H2,1-4H3;/q;;;;+4/p-4. The van der Waals surface area contributed by atoms with Gasteiger partial charge in [0.25, 0.3) is 0 Å². The Kier molecular flexibility index (Phi) is 58.7. The van der Waals surface area contributed by atoms with Gasteiger partial charge in [-0.3, -0.25) is 0 Å². The zero-order valence-electron chi connectivity index (χ0n) is 67.7. The molecule has 4 unspecified atom stereocenters. The molecule has 0 aromatic heterocycles. The van der Waals surface area contributed by atoms with E-state index in [0.29, 0.717) is 102 Å². The van der Waals surface area contributed by atoms with E-state index in [2.05, 4.69) is 83.1 Å². The van der Waals surface area contributed by atoms with Gasteiger partial charge in [0.2, 0.25) is 0 Å². The topological polar surface area (TPSA) is 240 Å². The average molecular weight is 1520 g/mol. The second-order valence-electron chi connectivity index (χ2n) is 26.6. The van der Waals surface area contributed by atoms with Gasteiger partial charge in [0, 0.05) is 0 Å². The number of benzene rings is 4. The molecule has 20 nitrogen and oxygen atoms in total. The van der Waals surface area contributed by atoms with Crippen LogP contribution in [-0.4, -0.2) is 103 Å². The van der Waals surface area contributed by atoms with Crippen molar-refractivity contribution in [1.29, 1.82) is 0 Å². The van der Waals surface area contributed by atoms with Crippen LogP contribution < -0.4 is 21.0 Å². The van der Waals surface area contributed by atoms with Crippen LogP contribution in [0, 0.1) is 0 Å². The summed E-state index contributed by atoms with van der Waals surface area (Å²) in [5, 5.41) is 47.8. The molecular weight excluding hydrogens is 1380 g/mol. The summed E-state index contributed by atoms with van der Waals surface area (Å²) in [6.07, 6.45) is 21.8. The first-order valence-electron chi connectivity index (χ1n) is 39.5. The molecule has 4 rings (SSSR count). The van der Waals surface area contributed by atoms with Crippen molar-refractivity contribution >= 4 is 0 Å². The molecule has 0 aliphatic heterocycles. The summed E-state index contributed by atoms with van der Waals surface area (Å²) in [5.41, 5.74) is -3.04. The molecule has 105 heavy (non-hydrogen) atoms. The molecule has 21 heteroatoms. The van der Waals surface area contributed by atoms with Crippen molar-refractivity contribution in [1.82, 2.24) is 0 Å². The van der Waals surface area contributed by atoms with Gasteiger partial charge in [-0.05, 0) is 127 Å². The Balaban J connectivity index is 0.00000137. The Morgan fingerprint density at radius 3 is 0.390 bits per heavy atom. The van der Waals surface area contributed by atoms with Crippen LogP contribution in [0.15, 0.2) is 121 Å². The van der Waals surface area contributed by atoms with Crippen molar-refractivity contribution in [2.24, 2.45) is 0 Å². The second kappa shape index (κ2) is 60.5. The Labute approximate surface area is 649 Å².